The number of hydrogen-bond acceptors (Lipinski definition) is 3. The number of hydrogen-bond donors (Lipinski definition) is 1. The molecule has 0 bridgehead atoms. The molecule has 3 nitrogen and oxygen atoms in total. The van der Waals surface area contributed by atoms with Crippen molar-refractivity contribution >= 4 is 12.4 Å². The Morgan fingerprint density at radius 1 is 1.41 bits per heavy atom. The van der Waals surface area contributed by atoms with E-state index in [1.54, 1.807) is 7.11 Å². The zero-order valence-electron chi connectivity index (χ0n) is 10.7. The Labute approximate surface area is 110 Å². The summed E-state index contributed by atoms with van der Waals surface area (Å²) in [5, 5.41) is 3.30. The molecule has 0 aromatic heterocycles. The number of nitrogens with one attached hydrogen (secondary N) is 1. The zero-order chi connectivity index (χ0) is 11.5. The molecule has 1 saturated heterocycles. The van der Waals surface area contributed by atoms with Gasteiger partial charge < -0.3 is 10.1 Å². The number of halogens is 1. The molecule has 0 aliphatic carbocycles. The van der Waals surface area contributed by atoms with Gasteiger partial charge in [-0.05, 0) is 31.2 Å². The molecule has 1 aliphatic rings. The van der Waals surface area contributed by atoms with Gasteiger partial charge in [0.1, 0.15) is 5.75 Å². The van der Waals surface area contributed by atoms with Gasteiger partial charge in [-0.1, -0.05) is 12.1 Å². The topological polar surface area (TPSA) is 24.5 Å². The van der Waals surface area contributed by atoms with E-state index < -0.39 is 0 Å². The second-order valence-electron chi connectivity index (χ2n) is 4.53. The second-order valence-corrected chi connectivity index (χ2v) is 4.53. The molecular weight excluding hydrogens is 236 g/mol. The van der Waals surface area contributed by atoms with Crippen LogP contribution in [0.4, 0.5) is 0 Å². The third kappa shape index (κ3) is 3.35. The molecule has 1 aromatic carbocycles. The normalized spacial score (nSPS) is 15.3. The van der Waals surface area contributed by atoms with E-state index in [4.69, 9.17) is 4.74 Å². The lowest BCUT2D eigenvalue weighted by molar-refractivity contribution is 0.173. The highest BCUT2D eigenvalue weighted by molar-refractivity contribution is 5.85. The molecule has 0 radical (unpaired) electrons. The molecule has 1 fully saturated rings. The summed E-state index contributed by atoms with van der Waals surface area (Å²) in [6.07, 6.45) is 0. The molecule has 1 aromatic rings. The van der Waals surface area contributed by atoms with Crippen LogP contribution in [0.2, 0.25) is 0 Å². The lowest BCUT2D eigenvalue weighted by Gasteiger charge is -2.35. The van der Waals surface area contributed by atoms with Crippen LogP contribution < -0.4 is 10.1 Å². The monoisotopic (exact) mass is 256 g/mol. The number of ether oxygens (including phenoxy) is 1. The molecule has 1 heterocycles. The summed E-state index contributed by atoms with van der Waals surface area (Å²) < 4.78 is 5.26. The van der Waals surface area contributed by atoms with Gasteiger partial charge in [0, 0.05) is 25.7 Å². The minimum atomic E-state index is 0. The van der Waals surface area contributed by atoms with Crippen molar-refractivity contribution in [1.29, 1.82) is 0 Å². The summed E-state index contributed by atoms with van der Waals surface area (Å²) in [5.74, 6) is 0.969. The number of aryl methyl sites for hydroxylation is 1. The first-order valence-electron chi connectivity index (χ1n) is 5.75. The minimum Gasteiger partial charge on any atom is -0.496 e. The van der Waals surface area contributed by atoms with Crippen molar-refractivity contribution in [3.05, 3.63) is 29.3 Å². The Morgan fingerprint density at radius 2 is 2.12 bits per heavy atom. The van der Waals surface area contributed by atoms with Gasteiger partial charge in [0.25, 0.3) is 0 Å². The van der Waals surface area contributed by atoms with E-state index in [1.807, 2.05) is 0 Å². The van der Waals surface area contributed by atoms with E-state index in [0.29, 0.717) is 6.04 Å². The minimum absolute atomic E-state index is 0. The van der Waals surface area contributed by atoms with Crippen LogP contribution >= 0.6 is 12.4 Å². The van der Waals surface area contributed by atoms with Crippen molar-refractivity contribution in [2.45, 2.75) is 19.5 Å². The largest absolute Gasteiger partial charge is 0.496 e. The van der Waals surface area contributed by atoms with Crippen molar-refractivity contribution in [3.63, 3.8) is 0 Å². The van der Waals surface area contributed by atoms with Crippen LogP contribution in [0.3, 0.4) is 0 Å². The molecule has 0 amide bonds. The van der Waals surface area contributed by atoms with Crippen molar-refractivity contribution in [1.82, 2.24) is 10.2 Å². The highest BCUT2D eigenvalue weighted by Crippen LogP contribution is 2.19. The lowest BCUT2D eigenvalue weighted by atomic mass is 10.1. The average molecular weight is 257 g/mol. The lowest BCUT2D eigenvalue weighted by Crippen LogP contribution is -2.55. The molecule has 0 saturated carbocycles. The van der Waals surface area contributed by atoms with E-state index in [9.17, 15) is 0 Å². The van der Waals surface area contributed by atoms with E-state index in [-0.39, 0.29) is 12.4 Å². The molecular formula is C13H21ClN2O. The number of benzene rings is 1. The molecule has 17 heavy (non-hydrogen) atoms. The first kappa shape index (κ1) is 14.3. The number of likely N-dealkylation sites (N-methyl/N-ethyl adjacent to an activating group) is 1. The summed E-state index contributed by atoms with van der Waals surface area (Å²) in [7, 11) is 3.90. The van der Waals surface area contributed by atoms with Crippen LogP contribution in [0.1, 0.15) is 11.1 Å². The molecule has 4 heteroatoms. The Morgan fingerprint density at radius 3 is 2.59 bits per heavy atom. The van der Waals surface area contributed by atoms with Gasteiger partial charge >= 0.3 is 0 Å². The standard InChI is InChI=1S/C13H20N2O.ClH/c1-10-6-11(4-5-13(10)16-3)9-15(2)12-7-14-8-12;/h4-6,12,14H,7-9H2,1-3H3;1H. The molecule has 2 rings (SSSR count). The predicted octanol–water partition coefficient (Wildman–Crippen LogP) is 1.83. The van der Waals surface area contributed by atoms with Crippen LogP contribution in [0.15, 0.2) is 18.2 Å². The van der Waals surface area contributed by atoms with Crippen LogP contribution in [0.5, 0.6) is 5.75 Å². The highest BCUT2D eigenvalue weighted by Gasteiger charge is 2.21. The van der Waals surface area contributed by atoms with Crippen LogP contribution in [-0.2, 0) is 6.54 Å². The van der Waals surface area contributed by atoms with E-state index >= 15 is 0 Å². The first-order chi connectivity index (χ1) is 7.70. The fourth-order valence-corrected chi connectivity index (χ4v) is 2.04. The van der Waals surface area contributed by atoms with Gasteiger partial charge in [-0.2, -0.15) is 0 Å². The van der Waals surface area contributed by atoms with Crippen molar-refractivity contribution in [3.8, 4) is 5.75 Å². The second kappa shape index (κ2) is 6.24. The van der Waals surface area contributed by atoms with Crippen LogP contribution in [0.25, 0.3) is 0 Å². The summed E-state index contributed by atoms with van der Waals surface area (Å²) in [6.45, 7) is 5.34. The maximum atomic E-state index is 5.26. The van der Waals surface area contributed by atoms with Crippen molar-refractivity contribution in [2.24, 2.45) is 0 Å². The molecule has 0 unspecified atom stereocenters. The van der Waals surface area contributed by atoms with Crippen LogP contribution in [0, 0.1) is 6.92 Å². The third-order valence-electron chi connectivity index (χ3n) is 3.27. The van der Waals surface area contributed by atoms with Gasteiger partial charge in [-0.15, -0.1) is 12.4 Å². The number of nitrogens with zero attached hydrogens (tertiary/aromatic N) is 1. The Hall–Kier alpha value is -0.770. The number of methoxy groups -OCH3 is 1. The van der Waals surface area contributed by atoms with Gasteiger partial charge in [-0.3, -0.25) is 4.90 Å². The maximum Gasteiger partial charge on any atom is 0.121 e. The molecule has 0 spiro atoms. The Kier molecular flexibility index (Phi) is 5.25. The molecule has 1 aliphatic heterocycles. The molecule has 0 atom stereocenters. The van der Waals surface area contributed by atoms with Crippen molar-refractivity contribution < 1.29 is 4.74 Å². The molecule has 96 valence electrons. The van der Waals surface area contributed by atoms with Gasteiger partial charge in [0.15, 0.2) is 0 Å². The fraction of sp³-hybridized carbons (Fsp3) is 0.538. The fourth-order valence-electron chi connectivity index (χ4n) is 2.04. The summed E-state index contributed by atoms with van der Waals surface area (Å²) in [5.41, 5.74) is 2.56. The zero-order valence-corrected chi connectivity index (χ0v) is 11.5. The third-order valence-corrected chi connectivity index (χ3v) is 3.27. The van der Waals surface area contributed by atoms with E-state index in [0.717, 1.165) is 25.4 Å². The predicted molar refractivity (Wildman–Crippen MR) is 73.1 cm³/mol. The smallest absolute Gasteiger partial charge is 0.121 e. The Bertz CT molecular complexity index is 366. The van der Waals surface area contributed by atoms with E-state index in [2.05, 4.69) is 42.4 Å². The van der Waals surface area contributed by atoms with Crippen molar-refractivity contribution in [2.75, 3.05) is 27.2 Å². The maximum absolute atomic E-state index is 5.26. The SMILES string of the molecule is COc1ccc(CN(C)C2CNC2)cc1C.Cl. The van der Waals surface area contributed by atoms with Gasteiger partial charge in [0.05, 0.1) is 7.11 Å². The molecule has 1 N–H and O–H groups in total. The highest BCUT2D eigenvalue weighted by atomic mass is 35.5. The van der Waals surface area contributed by atoms with Gasteiger partial charge in [-0.25, -0.2) is 0 Å². The number of rotatable bonds is 4. The summed E-state index contributed by atoms with van der Waals surface area (Å²) in [4.78, 5) is 2.40. The average Bonchev–Trinajstić information content (AvgIpc) is 2.15. The van der Waals surface area contributed by atoms with E-state index in [1.165, 1.54) is 11.1 Å². The summed E-state index contributed by atoms with van der Waals surface area (Å²) >= 11 is 0. The van der Waals surface area contributed by atoms with Crippen LogP contribution in [-0.4, -0.2) is 38.2 Å². The quantitative estimate of drug-likeness (QED) is 0.890. The van der Waals surface area contributed by atoms with Gasteiger partial charge in [0.2, 0.25) is 0 Å². The first-order valence-corrected chi connectivity index (χ1v) is 5.75. The Balaban J connectivity index is 0.00000144. The summed E-state index contributed by atoms with van der Waals surface area (Å²) in [6, 6.07) is 7.11.